The molecule has 0 bridgehead atoms. The van der Waals surface area contributed by atoms with Crippen LogP contribution in [0.5, 0.6) is 5.75 Å². The number of nitrogens with one attached hydrogen (secondary N) is 2. The van der Waals surface area contributed by atoms with Crippen LogP contribution in [-0.2, 0) is 20.7 Å². The number of phenols is 1. The number of carbonyl (C=O) groups excluding carboxylic acids is 3. The molecule has 2 atom stereocenters. The van der Waals surface area contributed by atoms with Crippen LogP contribution in [0.1, 0.15) is 95.0 Å². The van der Waals surface area contributed by atoms with E-state index in [2.05, 4.69) is 24.5 Å². The molecular formula is C33H49N3O5. The fourth-order valence-electron chi connectivity index (χ4n) is 4.74. The summed E-state index contributed by atoms with van der Waals surface area (Å²) in [5.41, 5.74) is 2.74. The first-order valence-electron chi connectivity index (χ1n) is 14.8. The van der Waals surface area contributed by atoms with Crippen LogP contribution in [0.25, 0.3) is 0 Å². The van der Waals surface area contributed by atoms with Crippen LogP contribution in [0.3, 0.4) is 0 Å². The molecule has 2 aromatic carbocycles. The summed E-state index contributed by atoms with van der Waals surface area (Å²) in [4.78, 5) is 42.8. The van der Waals surface area contributed by atoms with Crippen molar-refractivity contribution in [3.63, 3.8) is 0 Å². The summed E-state index contributed by atoms with van der Waals surface area (Å²) in [6.45, 7) is 14.2. The van der Waals surface area contributed by atoms with Crippen molar-refractivity contribution in [1.82, 2.24) is 15.5 Å². The smallest absolute Gasteiger partial charge is 0.408 e. The lowest BCUT2D eigenvalue weighted by Crippen LogP contribution is -2.54. The molecule has 2 unspecified atom stereocenters. The van der Waals surface area contributed by atoms with Gasteiger partial charge < -0.3 is 25.4 Å². The second kappa shape index (κ2) is 16.0. The van der Waals surface area contributed by atoms with Gasteiger partial charge >= 0.3 is 6.09 Å². The van der Waals surface area contributed by atoms with Gasteiger partial charge in [-0.25, -0.2) is 4.79 Å². The van der Waals surface area contributed by atoms with Crippen molar-refractivity contribution in [1.29, 1.82) is 0 Å². The average molecular weight is 568 g/mol. The van der Waals surface area contributed by atoms with Crippen molar-refractivity contribution in [2.24, 2.45) is 0 Å². The van der Waals surface area contributed by atoms with Gasteiger partial charge in [0.15, 0.2) is 0 Å². The number of rotatable bonds is 14. The van der Waals surface area contributed by atoms with Gasteiger partial charge in [-0.2, -0.15) is 0 Å². The van der Waals surface area contributed by atoms with Gasteiger partial charge in [0.2, 0.25) is 11.8 Å². The predicted molar refractivity (Wildman–Crippen MR) is 163 cm³/mol. The third kappa shape index (κ3) is 11.5. The largest absolute Gasteiger partial charge is 0.508 e. The number of aryl methyl sites for hydroxylation is 2. The molecule has 2 aromatic rings. The van der Waals surface area contributed by atoms with E-state index in [1.54, 1.807) is 49.9 Å². The number of amides is 3. The van der Waals surface area contributed by atoms with Crippen LogP contribution in [0.15, 0.2) is 42.5 Å². The minimum Gasteiger partial charge on any atom is -0.508 e. The zero-order valence-electron chi connectivity index (χ0n) is 25.9. The summed E-state index contributed by atoms with van der Waals surface area (Å²) in [6.07, 6.45) is 3.78. The van der Waals surface area contributed by atoms with Crippen molar-refractivity contribution in [3.05, 3.63) is 64.7 Å². The second-order valence-corrected chi connectivity index (χ2v) is 11.8. The molecule has 0 heterocycles. The molecule has 0 aliphatic carbocycles. The standard InChI is InChI=1S/C33H49N3O5/c1-8-10-12-18-36(29(30(38)34-17-11-9-2)26-20-23(3)19-24(4)21-26)31(39)28(35-32(40)41-33(5,6)7)22-25-13-15-27(37)16-14-25/h13-16,19-21,28-29,37H,8-12,17-18,22H2,1-7H3,(H,34,38)(H,35,40). The highest BCUT2D eigenvalue weighted by Crippen LogP contribution is 2.26. The van der Waals surface area contributed by atoms with E-state index in [0.29, 0.717) is 19.5 Å². The van der Waals surface area contributed by atoms with Crippen molar-refractivity contribution >= 4 is 17.9 Å². The van der Waals surface area contributed by atoms with Gasteiger partial charge in [-0.1, -0.05) is 74.6 Å². The lowest BCUT2D eigenvalue weighted by Gasteiger charge is -2.35. The van der Waals surface area contributed by atoms with Crippen molar-refractivity contribution in [2.45, 2.75) is 105 Å². The highest BCUT2D eigenvalue weighted by Gasteiger charge is 2.36. The molecular weight excluding hydrogens is 518 g/mol. The Labute approximate surface area is 245 Å². The van der Waals surface area contributed by atoms with Crippen LogP contribution in [0.2, 0.25) is 0 Å². The normalized spacial score (nSPS) is 12.8. The fraction of sp³-hybridized carbons (Fsp3) is 0.545. The minimum absolute atomic E-state index is 0.108. The molecule has 8 nitrogen and oxygen atoms in total. The number of alkyl carbamates (subject to hydrolysis) is 1. The fourth-order valence-corrected chi connectivity index (χ4v) is 4.74. The maximum atomic E-state index is 14.5. The number of aromatic hydroxyl groups is 1. The molecule has 0 aromatic heterocycles. The Bertz CT molecular complexity index is 1120. The van der Waals surface area contributed by atoms with E-state index in [-0.39, 0.29) is 24.0 Å². The van der Waals surface area contributed by atoms with Gasteiger partial charge in [0.25, 0.3) is 0 Å². The van der Waals surface area contributed by atoms with E-state index < -0.39 is 23.8 Å². The third-order valence-corrected chi connectivity index (χ3v) is 6.60. The molecule has 8 heteroatoms. The van der Waals surface area contributed by atoms with Gasteiger partial charge in [-0.3, -0.25) is 9.59 Å². The molecule has 2 rings (SSSR count). The van der Waals surface area contributed by atoms with Gasteiger partial charge in [-0.15, -0.1) is 0 Å². The van der Waals surface area contributed by atoms with Gasteiger partial charge in [0.1, 0.15) is 23.4 Å². The molecule has 0 aliphatic rings. The lowest BCUT2D eigenvalue weighted by atomic mass is 9.97. The number of nitrogens with zero attached hydrogens (tertiary/aromatic N) is 1. The molecule has 0 radical (unpaired) electrons. The number of benzene rings is 2. The molecule has 0 saturated carbocycles. The summed E-state index contributed by atoms with van der Waals surface area (Å²) in [5, 5.41) is 15.6. The first-order valence-corrected chi connectivity index (χ1v) is 14.8. The number of phenolic OH excluding ortho intramolecular Hbond substituents is 1. The summed E-state index contributed by atoms with van der Waals surface area (Å²) in [5.74, 6) is -0.500. The number of unbranched alkanes of at least 4 members (excludes halogenated alkanes) is 3. The first-order chi connectivity index (χ1) is 19.3. The molecule has 0 spiro atoms. The highest BCUT2D eigenvalue weighted by atomic mass is 16.6. The van der Waals surface area contributed by atoms with E-state index in [1.165, 1.54) is 0 Å². The monoisotopic (exact) mass is 567 g/mol. The quantitative estimate of drug-likeness (QED) is 0.238. The molecule has 0 saturated heterocycles. The predicted octanol–water partition coefficient (Wildman–Crippen LogP) is 6.12. The summed E-state index contributed by atoms with van der Waals surface area (Å²) in [7, 11) is 0. The van der Waals surface area contributed by atoms with Crippen LogP contribution in [-0.4, -0.2) is 52.6 Å². The molecule has 3 amide bonds. The van der Waals surface area contributed by atoms with E-state index >= 15 is 0 Å². The number of hydrogen-bond acceptors (Lipinski definition) is 5. The SMILES string of the molecule is CCCCCN(C(=O)C(Cc1ccc(O)cc1)NC(=O)OC(C)(C)C)C(C(=O)NCCCC)c1cc(C)cc(C)c1. The maximum absolute atomic E-state index is 14.5. The van der Waals surface area contributed by atoms with Gasteiger partial charge in [0.05, 0.1) is 0 Å². The van der Waals surface area contributed by atoms with Gasteiger partial charge in [0, 0.05) is 19.5 Å². The van der Waals surface area contributed by atoms with Crippen LogP contribution in [0.4, 0.5) is 4.79 Å². The Hall–Kier alpha value is -3.55. The summed E-state index contributed by atoms with van der Waals surface area (Å²) in [6, 6.07) is 10.6. The Balaban J connectivity index is 2.58. The Morgan fingerprint density at radius 2 is 1.54 bits per heavy atom. The van der Waals surface area contributed by atoms with E-state index in [9.17, 15) is 19.5 Å². The third-order valence-electron chi connectivity index (χ3n) is 6.60. The lowest BCUT2D eigenvalue weighted by molar-refractivity contribution is -0.142. The Kier molecular flexibility index (Phi) is 13.2. The Morgan fingerprint density at radius 1 is 0.927 bits per heavy atom. The summed E-state index contributed by atoms with van der Waals surface area (Å²) >= 11 is 0. The number of ether oxygens (including phenoxy) is 1. The first kappa shape index (κ1) is 33.7. The van der Waals surface area contributed by atoms with Crippen LogP contribution >= 0.6 is 0 Å². The molecule has 226 valence electrons. The maximum Gasteiger partial charge on any atom is 0.408 e. The van der Waals surface area contributed by atoms with Gasteiger partial charge in [-0.05, 0) is 70.7 Å². The van der Waals surface area contributed by atoms with E-state index in [1.807, 2.05) is 32.0 Å². The minimum atomic E-state index is -0.993. The number of carbonyl (C=O) groups is 3. The van der Waals surface area contributed by atoms with Crippen LogP contribution < -0.4 is 10.6 Å². The average Bonchev–Trinajstić information content (AvgIpc) is 2.87. The van der Waals surface area contributed by atoms with Crippen LogP contribution in [0, 0.1) is 13.8 Å². The molecule has 0 fully saturated rings. The molecule has 0 aliphatic heterocycles. The molecule has 3 N–H and O–H groups in total. The van der Waals surface area contributed by atoms with Crippen molar-refractivity contribution in [2.75, 3.05) is 13.1 Å². The zero-order valence-corrected chi connectivity index (χ0v) is 25.9. The summed E-state index contributed by atoms with van der Waals surface area (Å²) < 4.78 is 5.50. The van der Waals surface area contributed by atoms with E-state index in [0.717, 1.165) is 47.9 Å². The highest BCUT2D eigenvalue weighted by molar-refractivity contribution is 5.92. The Morgan fingerprint density at radius 3 is 2.10 bits per heavy atom. The van der Waals surface area contributed by atoms with Crippen molar-refractivity contribution < 1.29 is 24.2 Å². The second-order valence-electron chi connectivity index (χ2n) is 11.8. The van der Waals surface area contributed by atoms with E-state index in [4.69, 9.17) is 4.74 Å². The topological polar surface area (TPSA) is 108 Å². The zero-order chi connectivity index (χ0) is 30.6. The number of hydrogen-bond donors (Lipinski definition) is 3. The van der Waals surface area contributed by atoms with Crippen molar-refractivity contribution in [3.8, 4) is 5.75 Å². The molecule has 41 heavy (non-hydrogen) atoms.